The molecule has 1 aromatic heterocycles. The normalized spacial score (nSPS) is 11.7. The van der Waals surface area contributed by atoms with Crippen molar-refractivity contribution >= 4 is 27.4 Å². The van der Waals surface area contributed by atoms with Crippen LogP contribution in [0.4, 0.5) is 0 Å². The number of carboxylic acid groups (broad SMARTS) is 1. The minimum atomic E-state index is -0.826. The molecule has 0 spiro atoms. The second-order valence-electron chi connectivity index (χ2n) is 5.61. The Morgan fingerprint density at radius 3 is 2.57 bits per heavy atom. The molecule has 2 rings (SSSR count). The van der Waals surface area contributed by atoms with Crippen molar-refractivity contribution in [1.29, 1.82) is 0 Å². The maximum Gasteiger partial charge on any atom is 0.346 e. The zero-order valence-corrected chi connectivity index (χ0v) is 13.6. The Morgan fingerprint density at radius 1 is 1.19 bits per heavy atom. The summed E-state index contributed by atoms with van der Waals surface area (Å²) in [6.45, 7) is 2.68. The third-order valence-corrected chi connectivity index (χ3v) is 4.67. The van der Waals surface area contributed by atoms with Crippen molar-refractivity contribution in [2.45, 2.75) is 13.0 Å². The predicted octanol–water partition coefficient (Wildman–Crippen LogP) is 2.98. The minimum Gasteiger partial charge on any atom is -0.477 e. The van der Waals surface area contributed by atoms with Gasteiger partial charge in [0, 0.05) is 11.2 Å². The summed E-state index contributed by atoms with van der Waals surface area (Å²) in [6, 6.07) is 7.93. The van der Waals surface area contributed by atoms with Gasteiger partial charge in [0.1, 0.15) is 4.88 Å². The van der Waals surface area contributed by atoms with E-state index in [-0.39, 0.29) is 0 Å². The van der Waals surface area contributed by atoms with E-state index in [1.54, 1.807) is 0 Å². The molecule has 0 aliphatic heterocycles. The molecule has 0 radical (unpaired) electrons. The Hall–Kier alpha value is -1.43. The fraction of sp³-hybridized carbons (Fsp3) is 0.438. The molecule has 0 bridgehead atoms. The molecule has 0 atom stereocenters. The summed E-state index contributed by atoms with van der Waals surface area (Å²) in [5.41, 5.74) is 0.940. The molecule has 21 heavy (non-hydrogen) atoms. The Labute approximate surface area is 129 Å². The van der Waals surface area contributed by atoms with E-state index in [9.17, 15) is 9.90 Å². The number of carboxylic acids is 1. The Kier molecular flexibility index (Phi) is 5.33. The molecule has 1 heterocycles. The maximum absolute atomic E-state index is 11.5. The standard InChI is InChI=1S/C16H22N2O2S/c1-17(2)9-6-10-18(3)11-13-12-7-4-5-8-14(12)21-15(13)16(19)20/h4-5,7-8H,6,9-11H2,1-3H3,(H,19,20). The Bertz CT molecular complexity index is 622. The smallest absolute Gasteiger partial charge is 0.346 e. The van der Waals surface area contributed by atoms with Gasteiger partial charge < -0.3 is 14.9 Å². The molecule has 0 saturated carbocycles. The lowest BCUT2D eigenvalue weighted by molar-refractivity contribution is 0.0700. The summed E-state index contributed by atoms with van der Waals surface area (Å²) in [4.78, 5) is 16.3. The van der Waals surface area contributed by atoms with Crippen LogP contribution in [0.2, 0.25) is 0 Å². The zero-order valence-electron chi connectivity index (χ0n) is 12.8. The first-order chi connectivity index (χ1) is 9.99. The van der Waals surface area contributed by atoms with E-state index in [1.807, 2.05) is 31.3 Å². The lowest BCUT2D eigenvalue weighted by Crippen LogP contribution is -2.24. The monoisotopic (exact) mass is 306 g/mol. The third-order valence-electron chi connectivity index (χ3n) is 3.47. The van der Waals surface area contributed by atoms with Crippen LogP contribution in [0.3, 0.4) is 0 Å². The summed E-state index contributed by atoms with van der Waals surface area (Å²) in [6.07, 6.45) is 1.08. The first-order valence-corrected chi connectivity index (χ1v) is 7.87. The van der Waals surface area contributed by atoms with Crippen LogP contribution >= 0.6 is 11.3 Å². The van der Waals surface area contributed by atoms with Gasteiger partial charge in [-0.2, -0.15) is 0 Å². The number of carbonyl (C=O) groups is 1. The van der Waals surface area contributed by atoms with Crippen molar-refractivity contribution < 1.29 is 9.90 Å². The number of aromatic carboxylic acids is 1. The van der Waals surface area contributed by atoms with E-state index < -0.39 is 5.97 Å². The van der Waals surface area contributed by atoms with Gasteiger partial charge in [-0.05, 0) is 57.7 Å². The van der Waals surface area contributed by atoms with Gasteiger partial charge in [-0.25, -0.2) is 4.79 Å². The molecule has 0 fully saturated rings. The van der Waals surface area contributed by atoms with Gasteiger partial charge in [0.05, 0.1) is 0 Å². The van der Waals surface area contributed by atoms with Crippen molar-refractivity contribution in [2.24, 2.45) is 0 Å². The molecule has 0 aliphatic rings. The van der Waals surface area contributed by atoms with Gasteiger partial charge in [0.15, 0.2) is 0 Å². The highest BCUT2D eigenvalue weighted by Crippen LogP contribution is 2.32. The van der Waals surface area contributed by atoms with E-state index in [0.29, 0.717) is 11.4 Å². The molecular weight excluding hydrogens is 284 g/mol. The molecule has 2 aromatic rings. The molecule has 1 aromatic carbocycles. The summed E-state index contributed by atoms with van der Waals surface area (Å²) in [5.74, 6) is -0.826. The SMILES string of the molecule is CN(C)CCCN(C)Cc1c(C(=O)O)sc2ccccc12. The molecule has 5 heteroatoms. The fourth-order valence-corrected chi connectivity index (χ4v) is 3.49. The lowest BCUT2D eigenvalue weighted by atomic mass is 10.1. The number of hydrogen-bond donors (Lipinski definition) is 1. The molecule has 0 saturated heterocycles. The molecule has 0 aliphatic carbocycles. The summed E-state index contributed by atoms with van der Waals surface area (Å²) in [7, 11) is 6.18. The molecule has 4 nitrogen and oxygen atoms in total. The van der Waals surface area contributed by atoms with Gasteiger partial charge in [0.2, 0.25) is 0 Å². The van der Waals surface area contributed by atoms with E-state index in [4.69, 9.17) is 0 Å². The van der Waals surface area contributed by atoms with Crippen LogP contribution in [0.25, 0.3) is 10.1 Å². The van der Waals surface area contributed by atoms with E-state index >= 15 is 0 Å². The summed E-state index contributed by atoms with van der Waals surface area (Å²) in [5, 5.41) is 10.5. The van der Waals surface area contributed by atoms with E-state index in [0.717, 1.165) is 35.2 Å². The highest BCUT2D eigenvalue weighted by molar-refractivity contribution is 7.21. The minimum absolute atomic E-state index is 0.468. The number of rotatable bonds is 7. The fourth-order valence-electron chi connectivity index (χ4n) is 2.43. The maximum atomic E-state index is 11.5. The average Bonchev–Trinajstić information content (AvgIpc) is 2.77. The van der Waals surface area contributed by atoms with Crippen molar-refractivity contribution in [1.82, 2.24) is 9.80 Å². The average molecular weight is 306 g/mol. The van der Waals surface area contributed by atoms with Crippen LogP contribution in [-0.2, 0) is 6.54 Å². The number of fused-ring (bicyclic) bond motifs is 1. The molecular formula is C16H22N2O2S. The Morgan fingerprint density at radius 2 is 1.90 bits per heavy atom. The highest BCUT2D eigenvalue weighted by atomic mass is 32.1. The molecule has 1 N–H and O–H groups in total. The summed E-state index contributed by atoms with van der Waals surface area (Å²) >= 11 is 1.37. The van der Waals surface area contributed by atoms with Crippen molar-refractivity contribution in [3.63, 3.8) is 0 Å². The highest BCUT2D eigenvalue weighted by Gasteiger charge is 2.18. The van der Waals surface area contributed by atoms with Crippen LogP contribution in [0, 0.1) is 0 Å². The summed E-state index contributed by atoms with van der Waals surface area (Å²) < 4.78 is 1.05. The van der Waals surface area contributed by atoms with Crippen LogP contribution in [0.1, 0.15) is 21.7 Å². The lowest BCUT2D eigenvalue weighted by Gasteiger charge is -2.18. The van der Waals surface area contributed by atoms with Crippen LogP contribution in [0.5, 0.6) is 0 Å². The quantitative estimate of drug-likeness (QED) is 0.854. The van der Waals surface area contributed by atoms with Gasteiger partial charge in [-0.3, -0.25) is 0 Å². The van der Waals surface area contributed by atoms with Crippen LogP contribution in [0.15, 0.2) is 24.3 Å². The first-order valence-electron chi connectivity index (χ1n) is 7.06. The molecule has 114 valence electrons. The van der Waals surface area contributed by atoms with Gasteiger partial charge >= 0.3 is 5.97 Å². The number of nitrogens with zero attached hydrogens (tertiary/aromatic N) is 2. The molecule has 0 amide bonds. The van der Waals surface area contributed by atoms with Gasteiger partial charge in [-0.15, -0.1) is 11.3 Å². The topological polar surface area (TPSA) is 43.8 Å². The van der Waals surface area contributed by atoms with Crippen molar-refractivity contribution in [3.05, 3.63) is 34.7 Å². The van der Waals surface area contributed by atoms with Crippen LogP contribution < -0.4 is 0 Å². The largest absolute Gasteiger partial charge is 0.477 e. The number of thiophene rings is 1. The Balaban J connectivity index is 2.16. The second kappa shape index (κ2) is 7.02. The second-order valence-corrected chi connectivity index (χ2v) is 6.66. The van der Waals surface area contributed by atoms with Gasteiger partial charge in [-0.1, -0.05) is 18.2 Å². The van der Waals surface area contributed by atoms with E-state index in [1.165, 1.54) is 11.3 Å². The first kappa shape index (κ1) is 15.9. The van der Waals surface area contributed by atoms with E-state index in [2.05, 4.69) is 23.9 Å². The van der Waals surface area contributed by atoms with Gasteiger partial charge in [0.25, 0.3) is 0 Å². The van der Waals surface area contributed by atoms with Crippen LogP contribution in [-0.4, -0.2) is 55.1 Å². The third kappa shape index (κ3) is 4.03. The van der Waals surface area contributed by atoms with Crippen molar-refractivity contribution in [3.8, 4) is 0 Å². The zero-order chi connectivity index (χ0) is 15.4. The molecule has 0 unspecified atom stereocenters. The van der Waals surface area contributed by atoms with Crippen molar-refractivity contribution in [2.75, 3.05) is 34.2 Å². The predicted molar refractivity (Wildman–Crippen MR) is 88.3 cm³/mol. The number of benzene rings is 1. The number of hydrogen-bond acceptors (Lipinski definition) is 4.